The molecule has 0 saturated heterocycles. The smallest absolute Gasteiger partial charge is 0.231 e. The standard InChI is InChI=1S/C24H38O3/c1-4-7-15-24(25,16-8-5-2)17-14-20(6-3)10-9-11-21-12-13-22-23(18-21)27-19-26-22/h10,12-13,18,25H,4-9,11,14-17,19H2,1-3H3. The van der Waals surface area contributed by atoms with E-state index in [9.17, 15) is 5.11 Å². The summed E-state index contributed by atoms with van der Waals surface area (Å²) in [4.78, 5) is 0. The molecule has 152 valence electrons. The molecule has 1 N–H and O–H groups in total. The normalized spacial score (nSPS) is 14.0. The third kappa shape index (κ3) is 7.21. The van der Waals surface area contributed by atoms with Crippen LogP contribution >= 0.6 is 0 Å². The Hall–Kier alpha value is -1.48. The summed E-state index contributed by atoms with van der Waals surface area (Å²) in [6.45, 7) is 6.96. The first kappa shape index (κ1) is 21.8. The maximum absolute atomic E-state index is 11.1. The molecule has 1 aliphatic rings. The fraction of sp³-hybridized carbons (Fsp3) is 0.667. The molecule has 27 heavy (non-hydrogen) atoms. The average Bonchev–Trinajstić information content (AvgIpc) is 3.15. The van der Waals surface area contributed by atoms with E-state index in [1.165, 1.54) is 11.1 Å². The number of unbranched alkanes of at least 4 members (excludes halogenated alkanes) is 2. The summed E-state index contributed by atoms with van der Waals surface area (Å²) in [7, 11) is 0. The Balaban J connectivity index is 1.85. The number of benzene rings is 1. The number of aliphatic hydroxyl groups is 1. The summed E-state index contributed by atoms with van der Waals surface area (Å²) >= 11 is 0. The molecular formula is C24H38O3. The van der Waals surface area contributed by atoms with Crippen LogP contribution in [0.1, 0.15) is 90.5 Å². The van der Waals surface area contributed by atoms with Crippen molar-refractivity contribution in [2.45, 2.75) is 97.0 Å². The van der Waals surface area contributed by atoms with E-state index >= 15 is 0 Å². The van der Waals surface area contributed by atoms with Gasteiger partial charge >= 0.3 is 0 Å². The van der Waals surface area contributed by atoms with Crippen molar-refractivity contribution in [3.05, 3.63) is 35.4 Å². The second-order valence-corrected chi connectivity index (χ2v) is 7.87. The van der Waals surface area contributed by atoms with Gasteiger partial charge in [-0.05, 0) is 62.6 Å². The monoisotopic (exact) mass is 374 g/mol. The molecule has 1 aromatic rings. The Bertz CT molecular complexity index is 583. The molecule has 0 atom stereocenters. The van der Waals surface area contributed by atoms with E-state index in [-0.39, 0.29) is 0 Å². The van der Waals surface area contributed by atoms with Gasteiger partial charge < -0.3 is 14.6 Å². The molecule has 0 spiro atoms. The van der Waals surface area contributed by atoms with Crippen LogP contribution in [-0.2, 0) is 6.42 Å². The first-order chi connectivity index (χ1) is 13.1. The predicted octanol–water partition coefficient (Wildman–Crippen LogP) is 6.58. The van der Waals surface area contributed by atoms with Crippen molar-refractivity contribution in [1.82, 2.24) is 0 Å². The van der Waals surface area contributed by atoms with Crippen molar-refractivity contribution < 1.29 is 14.6 Å². The Kier molecular flexibility index (Phi) is 9.20. The minimum Gasteiger partial charge on any atom is -0.454 e. The van der Waals surface area contributed by atoms with Crippen molar-refractivity contribution in [3.63, 3.8) is 0 Å². The van der Waals surface area contributed by atoms with E-state index < -0.39 is 5.60 Å². The van der Waals surface area contributed by atoms with Gasteiger partial charge in [0.1, 0.15) is 0 Å². The second kappa shape index (κ2) is 11.4. The van der Waals surface area contributed by atoms with Crippen LogP contribution in [-0.4, -0.2) is 17.5 Å². The Morgan fingerprint density at radius 1 is 1.04 bits per heavy atom. The number of fused-ring (bicyclic) bond motifs is 1. The molecule has 0 aliphatic carbocycles. The highest BCUT2D eigenvalue weighted by Crippen LogP contribution is 2.33. The van der Waals surface area contributed by atoms with E-state index in [1.807, 2.05) is 6.07 Å². The first-order valence-corrected chi connectivity index (χ1v) is 10.9. The summed E-state index contributed by atoms with van der Waals surface area (Å²) in [5.74, 6) is 1.71. The number of aryl methyl sites for hydroxylation is 1. The number of rotatable bonds is 13. The van der Waals surface area contributed by atoms with Crippen molar-refractivity contribution in [1.29, 1.82) is 0 Å². The maximum Gasteiger partial charge on any atom is 0.231 e. The molecule has 0 fully saturated rings. The van der Waals surface area contributed by atoms with Crippen LogP contribution in [0.25, 0.3) is 0 Å². The zero-order chi connectivity index (χ0) is 19.5. The Morgan fingerprint density at radius 3 is 2.41 bits per heavy atom. The quantitative estimate of drug-likeness (QED) is 0.397. The zero-order valence-electron chi connectivity index (χ0n) is 17.6. The Morgan fingerprint density at radius 2 is 1.74 bits per heavy atom. The summed E-state index contributed by atoms with van der Waals surface area (Å²) in [5, 5.41) is 11.1. The highest BCUT2D eigenvalue weighted by Gasteiger charge is 2.25. The van der Waals surface area contributed by atoms with Gasteiger partial charge in [0.25, 0.3) is 0 Å². The lowest BCUT2D eigenvalue weighted by Gasteiger charge is -2.29. The van der Waals surface area contributed by atoms with Crippen molar-refractivity contribution >= 4 is 0 Å². The van der Waals surface area contributed by atoms with Crippen LogP contribution in [0.3, 0.4) is 0 Å². The van der Waals surface area contributed by atoms with Crippen LogP contribution in [0.15, 0.2) is 29.8 Å². The third-order valence-electron chi connectivity index (χ3n) is 5.66. The van der Waals surface area contributed by atoms with Gasteiger partial charge in [0.05, 0.1) is 5.60 Å². The molecule has 0 saturated carbocycles. The lowest BCUT2D eigenvalue weighted by atomic mass is 9.85. The summed E-state index contributed by atoms with van der Waals surface area (Å²) in [6.07, 6.45) is 13.8. The van der Waals surface area contributed by atoms with Gasteiger partial charge in [0, 0.05) is 0 Å². The van der Waals surface area contributed by atoms with Gasteiger partial charge in [-0.1, -0.05) is 64.2 Å². The third-order valence-corrected chi connectivity index (χ3v) is 5.66. The summed E-state index contributed by atoms with van der Waals surface area (Å²) in [5.41, 5.74) is 2.29. The highest BCUT2D eigenvalue weighted by molar-refractivity contribution is 5.44. The molecule has 0 unspecified atom stereocenters. The first-order valence-electron chi connectivity index (χ1n) is 10.9. The molecule has 0 bridgehead atoms. The average molecular weight is 375 g/mol. The van der Waals surface area contributed by atoms with Crippen molar-refractivity contribution in [2.24, 2.45) is 0 Å². The minimum atomic E-state index is -0.475. The van der Waals surface area contributed by atoms with E-state index in [1.54, 1.807) is 0 Å². The van der Waals surface area contributed by atoms with Crippen LogP contribution in [0, 0.1) is 0 Å². The van der Waals surface area contributed by atoms with E-state index in [2.05, 4.69) is 39.0 Å². The Labute approximate surface area is 165 Å². The molecule has 3 heteroatoms. The number of ether oxygens (including phenoxy) is 2. The van der Waals surface area contributed by atoms with Crippen molar-refractivity contribution in [3.8, 4) is 11.5 Å². The fourth-order valence-electron chi connectivity index (χ4n) is 3.74. The maximum atomic E-state index is 11.1. The largest absolute Gasteiger partial charge is 0.454 e. The number of hydrogen-bond acceptors (Lipinski definition) is 3. The van der Waals surface area contributed by atoms with Gasteiger partial charge in [-0.25, -0.2) is 0 Å². The van der Waals surface area contributed by atoms with Gasteiger partial charge in [0.2, 0.25) is 6.79 Å². The van der Waals surface area contributed by atoms with E-state index in [4.69, 9.17) is 9.47 Å². The SMILES string of the molecule is CCCCC(O)(CCCC)CCC(=CCCc1ccc2c(c1)OCO2)CC. The summed E-state index contributed by atoms with van der Waals surface area (Å²) < 4.78 is 10.8. The lowest BCUT2D eigenvalue weighted by Crippen LogP contribution is -2.28. The lowest BCUT2D eigenvalue weighted by molar-refractivity contribution is 0.0104. The molecule has 2 rings (SSSR count). The molecule has 1 heterocycles. The van der Waals surface area contributed by atoms with Gasteiger partial charge in [-0.15, -0.1) is 0 Å². The van der Waals surface area contributed by atoms with Gasteiger partial charge in [0.15, 0.2) is 11.5 Å². The van der Waals surface area contributed by atoms with Gasteiger partial charge in [-0.3, -0.25) is 0 Å². The van der Waals surface area contributed by atoms with Crippen LogP contribution in [0.5, 0.6) is 11.5 Å². The van der Waals surface area contributed by atoms with Crippen molar-refractivity contribution in [2.75, 3.05) is 6.79 Å². The molecule has 1 aromatic carbocycles. The topological polar surface area (TPSA) is 38.7 Å². The van der Waals surface area contributed by atoms with Crippen LogP contribution in [0.4, 0.5) is 0 Å². The van der Waals surface area contributed by atoms with E-state index in [0.29, 0.717) is 6.79 Å². The highest BCUT2D eigenvalue weighted by atomic mass is 16.7. The second-order valence-electron chi connectivity index (χ2n) is 7.87. The zero-order valence-corrected chi connectivity index (χ0v) is 17.6. The molecule has 0 aromatic heterocycles. The summed E-state index contributed by atoms with van der Waals surface area (Å²) in [6, 6.07) is 6.22. The minimum absolute atomic E-state index is 0.331. The molecule has 3 nitrogen and oxygen atoms in total. The number of allylic oxidation sites excluding steroid dienone is 2. The van der Waals surface area contributed by atoms with Crippen LogP contribution < -0.4 is 9.47 Å². The number of hydrogen-bond donors (Lipinski definition) is 1. The molecule has 0 radical (unpaired) electrons. The molecular weight excluding hydrogens is 336 g/mol. The fourth-order valence-corrected chi connectivity index (χ4v) is 3.74. The molecule has 1 aliphatic heterocycles. The van der Waals surface area contributed by atoms with Gasteiger partial charge in [-0.2, -0.15) is 0 Å². The molecule has 0 amide bonds. The predicted molar refractivity (Wildman–Crippen MR) is 112 cm³/mol. The van der Waals surface area contributed by atoms with E-state index in [0.717, 1.165) is 82.1 Å². The van der Waals surface area contributed by atoms with Crippen LogP contribution in [0.2, 0.25) is 0 Å².